The predicted molar refractivity (Wildman–Crippen MR) is 110 cm³/mol. The van der Waals surface area contributed by atoms with Crippen LogP contribution in [0.2, 0.25) is 0 Å². The van der Waals surface area contributed by atoms with Gasteiger partial charge in [-0.25, -0.2) is 4.98 Å². The van der Waals surface area contributed by atoms with Crippen molar-refractivity contribution in [3.63, 3.8) is 0 Å². The molecule has 0 saturated carbocycles. The SMILES string of the molecule is CNC(=O)/C=C(\c1ccccc1)c1ccc2nc(NC(=O)C(F)(F)F)c(I)n2c1. The van der Waals surface area contributed by atoms with E-state index >= 15 is 0 Å². The molecule has 0 radical (unpaired) electrons. The molecule has 150 valence electrons. The van der Waals surface area contributed by atoms with Crippen LogP contribution in [-0.4, -0.2) is 34.4 Å². The fourth-order valence-corrected chi connectivity index (χ4v) is 3.23. The number of hydrogen-bond acceptors (Lipinski definition) is 3. The number of imidazole rings is 1. The minimum absolute atomic E-state index is 0.193. The highest BCUT2D eigenvalue weighted by atomic mass is 127. The third-order valence-corrected chi connectivity index (χ3v) is 5.00. The van der Waals surface area contributed by atoms with Crippen LogP contribution in [-0.2, 0) is 9.59 Å². The molecule has 0 aliphatic carbocycles. The van der Waals surface area contributed by atoms with E-state index in [0.29, 0.717) is 20.5 Å². The molecule has 0 bridgehead atoms. The van der Waals surface area contributed by atoms with Crippen LogP contribution in [0.25, 0.3) is 11.2 Å². The van der Waals surface area contributed by atoms with Gasteiger partial charge in [0.2, 0.25) is 5.91 Å². The van der Waals surface area contributed by atoms with Crippen LogP contribution in [0.4, 0.5) is 19.0 Å². The second-order valence-electron chi connectivity index (χ2n) is 5.89. The average Bonchev–Trinajstić information content (AvgIpc) is 3.01. The minimum atomic E-state index is -5.01. The van der Waals surface area contributed by atoms with Gasteiger partial charge >= 0.3 is 12.1 Å². The number of halogens is 4. The van der Waals surface area contributed by atoms with Gasteiger partial charge < -0.3 is 10.6 Å². The summed E-state index contributed by atoms with van der Waals surface area (Å²) in [7, 11) is 1.51. The Labute approximate surface area is 177 Å². The molecule has 2 heterocycles. The molecule has 1 aromatic carbocycles. The molecule has 0 saturated heterocycles. The summed E-state index contributed by atoms with van der Waals surface area (Å²) >= 11 is 1.80. The van der Waals surface area contributed by atoms with E-state index in [9.17, 15) is 22.8 Å². The van der Waals surface area contributed by atoms with Crippen LogP contribution >= 0.6 is 22.6 Å². The first-order valence-corrected chi connectivity index (χ1v) is 9.33. The Morgan fingerprint density at radius 3 is 2.41 bits per heavy atom. The summed E-state index contributed by atoms with van der Waals surface area (Å²) in [5.74, 6) is -2.59. The standard InChI is InChI=1S/C19H14F3IN4O2/c1-24-15(28)9-13(11-5-3-2-4-6-11)12-7-8-14-25-17(16(23)27(14)10-12)26-18(29)19(20,21)22/h2-10H,1H3,(H,24,28)(H,26,29)/b13-9+. The largest absolute Gasteiger partial charge is 0.471 e. The molecule has 0 unspecified atom stereocenters. The van der Waals surface area contributed by atoms with E-state index < -0.39 is 12.1 Å². The van der Waals surface area contributed by atoms with Crippen molar-refractivity contribution in [1.82, 2.24) is 14.7 Å². The van der Waals surface area contributed by atoms with Crippen LogP contribution in [0.1, 0.15) is 11.1 Å². The number of aromatic nitrogens is 2. The molecule has 2 aromatic heterocycles. The number of nitrogens with zero attached hydrogens (tertiary/aromatic N) is 2. The maximum atomic E-state index is 12.5. The first-order valence-electron chi connectivity index (χ1n) is 8.25. The number of amides is 2. The number of likely N-dealkylation sites (N-methyl/N-ethyl adjacent to an activating group) is 1. The van der Waals surface area contributed by atoms with Crippen molar-refractivity contribution in [1.29, 1.82) is 0 Å². The number of benzene rings is 1. The normalized spacial score (nSPS) is 12.1. The average molecular weight is 514 g/mol. The van der Waals surface area contributed by atoms with Crippen molar-refractivity contribution in [2.45, 2.75) is 6.18 Å². The maximum Gasteiger partial charge on any atom is 0.471 e. The lowest BCUT2D eigenvalue weighted by atomic mass is 9.99. The van der Waals surface area contributed by atoms with Crippen LogP contribution in [0.15, 0.2) is 54.7 Å². The molecular formula is C19H14F3IN4O2. The lowest BCUT2D eigenvalue weighted by Crippen LogP contribution is -2.30. The lowest BCUT2D eigenvalue weighted by molar-refractivity contribution is -0.167. The van der Waals surface area contributed by atoms with Gasteiger partial charge in [0.1, 0.15) is 9.35 Å². The van der Waals surface area contributed by atoms with E-state index in [2.05, 4.69) is 10.3 Å². The first-order chi connectivity index (χ1) is 13.7. The van der Waals surface area contributed by atoms with Gasteiger partial charge in [-0.3, -0.25) is 14.0 Å². The van der Waals surface area contributed by atoms with Gasteiger partial charge in [0.25, 0.3) is 0 Å². The molecule has 3 aromatic rings. The third kappa shape index (κ3) is 4.58. The molecule has 2 N–H and O–H groups in total. The van der Waals surface area contributed by atoms with Crippen molar-refractivity contribution in [2.75, 3.05) is 12.4 Å². The summed E-state index contributed by atoms with van der Waals surface area (Å²) in [6.07, 6.45) is -1.93. The van der Waals surface area contributed by atoms with Crippen LogP contribution < -0.4 is 10.6 Å². The number of alkyl halides is 3. The lowest BCUT2D eigenvalue weighted by Gasteiger charge is -2.09. The van der Waals surface area contributed by atoms with Crippen molar-refractivity contribution in [3.8, 4) is 0 Å². The third-order valence-electron chi connectivity index (χ3n) is 3.97. The highest BCUT2D eigenvalue weighted by Gasteiger charge is 2.39. The van der Waals surface area contributed by atoms with Crippen LogP contribution in [0.5, 0.6) is 0 Å². The summed E-state index contributed by atoms with van der Waals surface area (Å²) in [5, 5.41) is 4.31. The van der Waals surface area contributed by atoms with Crippen molar-refractivity contribution in [3.05, 3.63) is 69.6 Å². The van der Waals surface area contributed by atoms with Gasteiger partial charge in [-0.1, -0.05) is 30.3 Å². The Morgan fingerprint density at radius 1 is 1.10 bits per heavy atom. The Bertz CT molecular complexity index is 1110. The summed E-state index contributed by atoms with van der Waals surface area (Å²) < 4.78 is 39.5. The number of hydrogen-bond donors (Lipinski definition) is 2. The Morgan fingerprint density at radius 2 is 1.79 bits per heavy atom. The fraction of sp³-hybridized carbons (Fsp3) is 0.105. The minimum Gasteiger partial charge on any atom is -0.356 e. The number of pyridine rings is 1. The van der Waals surface area contributed by atoms with E-state index in [1.54, 1.807) is 50.6 Å². The highest BCUT2D eigenvalue weighted by molar-refractivity contribution is 14.1. The molecule has 0 aliphatic rings. The number of fused-ring (bicyclic) bond motifs is 1. The van der Waals surface area contributed by atoms with Gasteiger partial charge in [-0.2, -0.15) is 13.2 Å². The molecule has 6 nitrogen and oxygen atoms in total. The quantitative estimate of drug-likeness (QED) is 0.413. The predicted octanol–water partition coefficient (Wildman–Crippen LogP) is 3.62. The van der Waals surface area contributed by atoms with E-state index in [1.165, 1.54) is 13.1 Å². The second kappa shape index (κ2) is 8.23. The van der Waals surface area contributed by atoms with Crippen LogP contribution in [0.3, 0.4) is 0 Å². The summed E-state index contributed by atoms with van der Waals surface area (Å²) in [6, 6.07) is 12.5. The van der Waals surface area contributed by atoms with Gasteiger partial charge in [0.15, 0.2) is 5.82 Å². The summed E-state index contributed by atoms with van der Waals surface area (Å²) in [6.45, 7) is 0. The zero-order chi connectivity index (χ0) is 21.2. The number of nitrogens with one attached hydrogen (secondary N) is 2. The molecule has 0 atom stereocenters. The molecule has 0 spiro atoms. The molecule has 10 heteroatoms. The van der Waals surface area contributed by atoms with E-state index in [1.807, 2.05) is 30.3 Å². The highest BCUT2D eigenvalue weighted by Crippen LogP contribution is 2.27. The first kappa shape index (κ1) is 20.8. The zero-order valence-electron chi connectivity index (χ0n) is 14.9. The van der Waals surface area contributed by atoms with E-state index in [4.69, 9.17) is 0 Å². The van der Waals surface area contributed by atoms with Crippen LogP contribution in [0, 0.1) is 3.70 Å². The fourth-order valence-electron chi connectivity index (χ4n) is 2.59. The second-order valence-corrected chi connectivity index (χ2v) is 6.91. The van der Waals surface area contributed by atoms with Crippen molar-refractivity contribution in [2.24, 2.45) is 0 Å². The van der Waals surface area contributed by atoms with Gasteiger partial charge in [0.05, 0.1) is 0 Å². The monoisotopic (exact) mass is 514 g/mol. The van der Waals surface area contributed by atoms with Gasteiger partial charge in [-0.15, -0.1) is 0 Å². The smallest absolute Gasteiger partial charge is 0.356 e. The molecule has 29 heavy (non-hydrogen) atoms. The topological polar surface area (TPSA) is 75.5 Å². The van der Waals surface area contributed by atoms with E-state index in [0.717, 1.165) is 5.56 Å². The Balaban J connectivity index is 2.08. The molecule has 0 fully saturated rings. The summed E-state index contributed by atoms with van der Waals surface area (Å²) in [4.78, 5) is 27.2. The molecule has 2 amide bonds. The Hall–Kier alpha value is -2.89. The van der Waals surface area contributed by atoms with Gasteiger partial charge in [0, 0.05) is 19.3 Å². The van der Waals surface area contributed by atoms with E-state index in [-0.39, 0.29) is 11.7 Å². The summed E-state index contributed by atoms with van der Waals surface area (Å²) in [5.41, 5.74) is 2.41. The zero-order valence-corrected chi connectivity index (χ0v) is 17.1. The number of anilines is 1. The van der Waals surface area contributed by atoms with Gasteiger partial charge in [-0.05, 0) is 51.4 Å². The number of rotatable bonds is 4. The number of carbonyl (C=O) groups is 2. The molecular weight excluding hydrogens is 500 g/mol. The molecule has 0 aliphatic heterocycles. The molecule has 3 rings (SSSR count). The maximum absolute atomic E-state index is 12.5. The van der Waals surface area contributed by atoms with Crippen molar-refractivity contribution < 1.29 is 22.8 Å². The van der Waals surface area contributed by atoms with Crippen molar-refractivity contribution >= 4 is 51.4 Å². The Kier molecular flexibility index (Phi) is 5.91. The number of carbonyl (C=O) groups excluding carboxylic acids is 2.